The van der Waals surface area contributed by atoms with Crippen molar-refractivity contribution in [3.63, 3.8) is 0 Å². The number of nitrogens with zero attached hydrogens (tertiary/aromatic N) is 2. The van der Waals surface area contributed by atoms with Crippen LogP contribution in [0, 0.1) is 12.7 Å². The highest BCUT2D eigenvalue weighted by atomic mass is 32.2. The van der Waals surface area contributed by atoms with Crippen LogP contribution in [0.5, 0.6) is 0 Å². The molecule has 8 heteroatoms. The average Bonchev–Trinajstić information content (AvgIpc) is 3.14. The molecule has 0 atom stereocenters. The van der Waals surface area contributed by atoms with Crippen LogP contribution in [0.15, 0.2) is 58.5 Å². The number of fused-ring (bicyclic) bond motifs is 1. The maximum atomic E-state index is 13.6. The van der Waals surface area contributed by atoms with Crippen molar-refractivity contribution in [3.05, 3.63) is 80.7 Å². The second-order valence-corrected chi connectivity index (χ2v) is 10.0. The van der Waals surface area contributed by atoms with Crippen molar-refractivity contribution >= 4 is 44.9 Å². The Labute approximate surface area is 206 Å². The smallest absolute Gasteiger partial charge is 0.267 e. The molecule has 4 rings (SSSR count). The molecule has 0 radical (unpaired) electrons. The van der Waals surface area contributed by atoms with E-state index in [-0.39, 0.29) is 23.0 Å². The number of anilines is 1. The molecule has 2 aromatic heterocycles. The molecule has 0 aliphatic carbocycles. The van der Waals surface area contributed by atoms with Gasteiger partial charge in [-0.3, -0.25) is 14.2 Å². The average molecular weight is 496 g/mol. The number of aromatic nitrogens is 2. The van der Waals surface area contributed by atoms with Gasteiger partial charge in [0.15, 0.2) is 5.16 Å². The van der Waals surface area contributed by atoms with Gasteiger partial charge < -0.3 is 5.32 Å². The predicted octanol–water partition coefficient (Wildman–Crippen LogP) is 6.14. The number of carbonyl (C=O) groups excluding carboxylic acids is 1. The van der Waals surface area contributed by atoms with E-state index in [2.05, 4.69) is 19.2 Å². The zero-order chi connectivity index (χ0) is 24.2. The minimum Gasteiger partial charge on any atom is -0.325 e. The predicted molar refractivity (Wildman–Crippen MR) is 139 cm³/mol. The van der Waals surface area contributed by atoms with Gasteiger partial charge in [0, 0.05) is 10.6 Å². The van der Waals surface area contributed by atoms with Crippen LogP contribution in [-0.2, 0) is 17.6 Å². The largest absolute Gasteiger partial charge is 0.325 e. The fourth-order valence-electron chi connectivity index (χ4n) is 3.74. The van der Waals surface area contributed by atoms with Crippen LogP contribution in [0.1, 0.15) is 36.3 Å². The molecular weight excluding hydrogens is 469 g/mol. The lowest BCUT2D eigenvalue weighted by molar-refractivity contribution is -0.113. The number of carbonyl (C=O) groups is 1. The fraction of sp³-hybridized carbons (Fsp3) is 0.269. The van der Waals surface area contributed by atoms with E-state index in [0.29, 0.717) is 21.1 Å². The Morgan fingerprint density at radius 2 is 1.82 bits per heavy atom. The summed E-state index contributed by atoms with van der Waals surface area (Å²) in [4.78, 5) is 32.8. The summed E-state index contributed by atoms with van der Waals surface area (Å²) in [5, 5.41) is 3.88. The van der Waals surface area contributed by atoms with E-state index in [4.69, 9.17) is 4.98 Å². The summed E-state index contributed by atoms with van der Waals surface area (Å²) < 4.78 is 15.0. The summed E-state index contributed by atoms with van der Waals surface area (Å²) in [6.45, 7) is 6.13. The van der Waals surface area contributed by atoms with Crippen LogP contribution in [0.25, 0.3) is 15.9 Å². The van der Waals surface area contributed by atoms with Gasteiger partial charge in [0.05, 0.1) is 16.8 Å². The topological polar surface area (TPSA) is 64.0 Å². The highest BCUT2D eigenvalue weighted by molar-refractivity contribution is 7.99. The molecular formula is C26H26FN3O2S2. The molecule has 2 aromatic carbocycles. The summed E-state index contributed by atoms with van der Waals surface area (Å²) in [5.41, 5.74) is 3.18. The van der Waals surface area contributed by atoms with Crippen LogP contribution in [-0.4, -0.2) is 21.2 Å². The van der Waals surface area contributed by atoms with Gasteiger partial charge in [-0.2, -0.15) is 0 Å². The number of amides is 1. The normalized spacial score (nSPS) is 11.2. The Hall–Kier alpha value is -2.97. The number of thiophene rings is 1. The molecule has 1 N–H and O–H groups in total. The van der Waals surface area contributed by atoms with E-state index in [1.807, 2.05) is 31.2 Å². The van der Waals surface area contributed by atoms with Crippen molar-refractivity contribution in [3.8, 4) is 5.69 Å². The third-order valence-corrected chi connectivity index (χ3v) is 7.76. The van der Waals surface area contributed by atoms with E-state index in [9.17, 15) is 14.0 Å². The molecule has 4 aromatic rings. The van der Waals surface area contributed by atoms with E-state index < -0.39 is 0 Å². The molecule has 2 heterocycles. The third kappa shape index (κ3) is 5.08. The minimum absolute atomic E-state index is 0.0842. The van der Waals surface area contributed by atoms with Crippen LogP contribution < -0.4 is 10.9 Å². The summed E-state index contributed by atoms with van der Waals surface area (Å²) in [6, 6.07) is 13.5. The maximum absolute atomic E-state index is 13.6. The van der Waals surface area contributed by atoms with Gasteiger partial charge in [0.2, 0.25) is 5.91 Å². The third-order valence-electron chi connectivity index (χ3n) is 5.57. The Bertz CT molecular complexity index is 1380. The number of hydrogen-bond donors (Lipinski definition) is 1. The first-order valence-corrected chi connectivity index (χ1v) is 13.0. The number of rotatable bonds is 8. The van der Waals surface area contributed by atoms with Gasteiger partial charge in [-0.25, -0.2) is 9.37 Å². The summed E-state index contributed by atoms with van der Waals surface area (Å²) in [5.74, 6) is -0.491. The highest BCUT2D eigenvalue weighted by Crippen LogP contribution is 2.31. The van der Waals surface area contributed by atoms with Gasteiger partial charge >= 0.3 is 0 Å². The Morgan fingerprint density at radius 3 is 2.47 bits per heavy atom. The molecule has 0 fully saturated rings. The number of benzene rings is 2. The van der Waals surface area contributed by atoms with Crippen molar-refractivity contribution < 1.29 is 9.18 Å². The lowest BCUT2D eigenvalue weighted by atomic mass is 10.1. The van der Waals surface area contributed by atoms with Crippen molar-refractivity contribution in [2.24, 2.45) is 0 Å². The molecule has 34 heavy (non-hydrogen) atoms. The van der Waals surface area contributed by atoms with Crippen LogP contribution in [0.2, 0.25) is 0 Å². The van der Waals surface area contributed by atoms with E-state index in [1.54, 1.807) is 12.1 Å². The van der Waals surface area contributed by atoms with Crippen LogP contribution in [0.4, 0.5) is 10.1 Å². The minimum atomic E-state index is -0.384. The molecule has 0 unspecified atom stereocenters. The number of nitrogens with one attached hydrogen (secondary N) is 1. The number of aryl methyl sites for hydroxylation is 3. The van der Waals surface area contributed by atoms with Gasteiger partial charge in [-0.1, -0.05) is 44.2 Å². The van der Waals surface area contributed by atoms with Crippen LogP contribution >= 0.6 is 23.1 Å². The molecule has 5 nitrogen and oxygen atoms in total. The number of hydrogen-bond acceptors (Lipinski definition) is 5. The molecule has 0 bridgehead atoms. The molecule has 1 amide bonds. The zero-order valence-electron chi connectivity index (χ0n) is 19.4. The SMILES string of the molecule is CCCc1sc2nc(SCC(=O)Nc3ccc(CC)cc3)n(-c3ccc(F)cc3)c(=O)c2c1C. The fourth-order valence-corrected chi connectivity index (χ4v) is 5.87. The van der Waals surface area contributed by atoms with E-state index in [1.165, 1.54) is 45.4 Å². The molecule has 0 saturated carbocycles. The lowest BCUT2D eigenvalue weighted by Crippen LogP contribution is -2.23. The van der Waals surface area contributed by atoms with Gasteiger partial charge in [0.25, 0.3) is 5.56 Å². The standard InChI is InChI=1S/C26H26FN3O2S2/c1-4-6-21-16(3)23-24(34-21)29-26(30(25(23)32)20-13-9-18(27)10-14-20)33-15-22(31)28-19-11-7-17(5-2)8-12-19/h7-14H,4-6,15H2,1-3H3,(H,28,31). The van der Waals surface area contributed by atoms with Crippen LogP contribution in [0.3, 0.4) is 0 Å². The first-order valence-electron chi connectivity index (χ1n) is 11.2. The molecule has 0 aliphatic heterocycles. The highest BCUT2D eigenvalue weighted by Gasteiger charge is 2.20. The second kappa shape index (κ2) is 10.5. The first kappa shape index (κ1) is 24.2. The summed E-state index contributed by atoms with van der Waals surface area (Å²) in [7, 11) is 0. The Balaban J connectivity index is 1.68. The number of thioether (sulfide) groups is 1. The monoisotopic (exact) mass is 495 g/mol. The molecule has 0 saturated heterocycles. The van der Waals surface area contributed by atoms with Crippen molar-refractivity contribution in [1.29, 1.82) is 0 Å². The van der Waals surface area contributed by atoms with E-state index >= 15 is 0 Å². The molecule has 176 valence electrons. The molecule has 0 aliphatic rings. The van der Waals surface area contributed by atoms with Gasteiger partial charge in [0.1, 0.15) is 10.6 Å². The second-order valence-electron chi connectivity index (χ2n) is 7.98. The quantitative estimate of drug-likeness (QED) is 0.236. The van der Waals surface area contributed by atoms with Crippen molar-refractivity contribution in [1.82, 2.24) is 9.55 Å². The van der Waals surface area contributed by atoms with Crippen molar-refractivity contribution in [2.45, 2.75) is 45.2 Å². The Morgan fingerprint density at radius 1 is 1.12 bits per heavy atom. The van der Waals surface area contributed by atoms with Gasteiger partial charge in [-0.05, 0) is 67.3 Å². The first-order chi connectivity index (χ1) is 16.4. The zero-order valence-corrected chi connectivity index (χ0v) is 21.0. The maximum Gasteiger partial charge on any atom is 0.267 e. The Kier molecular flexibility index (Phi) is 7.48. The summed E-state index contributed by atoms with van der Waals surface area (Å²) >= 11 is 2.72. The van der Waals surface area contributed by atoms with E-state index in [0.717, 1.165) is 35.4 Å². The molecule has 0 spiro atoms. The van der Waals surface area contributed by atoms with Crippen molar-refractivity contribution in [2.75, 3.05) is 11.1 Å². The summed E-state index contributed by atoms with van der Waals surface area (Å²) in [6.07, 6.45) is 2.78. The lowest BCUT2D eigenvalue weighted by Gasteiger charge is -2.12. The van der Waals surface area contributed by atoms with Gasteiger partial charge in [-0.15, -0.1) is 11.3 Å². The number of halogens is 1.